The second-order valence-electron chi connectivity index (χ2n) is 5.63. The SMILES string of the molecule is CC(C)C(C#N)C1(c2ccc3nc[nH]c3c2)COC1. The molecule has 1 atom stereocenters. The van der Waals surface area contributed by atoms with Gasteiger partial charge in [-0.1, -0.05) is 19.9 Å². The van der Waals surface area contributed by atoms with Crippen LogP contribution < -0.4 is 0 Å². The Bertz CT molecular complexity index is 634. The Morgan fingerprint density at radius 1 is 1.42 bits per heavy atom. The normalized spacial score (nSPS) is 19.1. The number of benzene rings is 1. The molecule has 1 aliphatic rings. The van der Waals surface area contributed by atoms with E-state index in [0.717, 1.165) is 11.0 Å². The molecule has 0 radical (unpaired) electrons. The van der Waals surface area contributed by atoms with Crippen molar-refractivity contribution in [2.24, 2.45) is 11.8 Å². The van der Waals surface area contributed by atoms with Gasteiger partial charge in [-0.3, -0.25) is 0 Å². The van der Waals surface area contributed by atoms with Crippen LogP contribution in [0.1, 0.15) is 19.4 Å². The Morgan fingerprint density at radius 3 is 2.79 bits per heavy atom. The molecule has 0 spiro atoms. The fourth-order valence-electron chi connectivity index (χ4n) is 3.00. The largest absolute Gasteiger partial charge is 0.379 e. The molecule has 1 fully saturated rings. The zero-order valence-corrected chi connectivity index (χ0v) is 11.2. The van der Waals surface area contributed by atoms with Gasteiger partial charge >= 0.3 is 0 Å². The molecule has 0 saturated carbocycles. The number of imidazole rings is 1. The van der Waals surface area contributed by atoms with Crippen molar-refractivity contribution in [3.05, 3.63) is 30.1 Å². The average Bonchev–Trinajstić information content (AvgIpc) is 2.79. The number of aromatic nitrogens is 2. The van der Waals surface area contributed by atoms with Crippen LogP contribution in [-0.2, 0) is 10.2 Å². The third-order valence-corrected chi connectivity index (χ3v) is 4.12. The van der Waals surface area contributed by atoms with Crippen LogP contribution in [0.25, 0.3) is 11.0 Å². The summed E-state index contributed by atoms with van der Waals surface area (Å²) in [4.78, 5) is 7.37. The number of fused-ring (bicyclic) bond motifs is 1. The maximum absolute atomic E-state index is 9.51. The second kappa shape index (κ2) is 4.36. The molecule has 3 rings (SSSR count). The van der Waals surface area contributed by atoms with Crippen LogP contribution in [0.3, 0.4) is 0 Å². The van der Waals surface area contributed by atoms with Crippen molar-refractivity contribution in [1.29, 1.82) is 5.26 Å². The van der Waals surface area contributed by atoms with Gasteiger partial charge in [0.1, 0.15) is 0 Å². The van der Waals surface area contributed by atoms with Gasteiger partial charge in [0, 0.05) is 0 Å². The molecule has 4 nitrogen and oxygen atoms in total. The van der Waals surface area contributed by atoms with E-state index in [1.54, 1.807) is 6.33 Å². The summed E-state index contributed by atoms with van der Waals surface area (Å²) in [6.07, 6.45) is 1.70. The zero-order chi connectivity index (χ0) is 13.5. The summed E-state index contributed by atoms with van der Waals surface area (Å²) in [6, 6.07) is 8.68. The van der Waals surface area contributed by atoms with Gasteiger partial charge in [0.25, 0.3) is 0 Å². The van der Waals surface area contributed by atoms with E-state index in [2.05, 4.69) is 42.0 Å². The van der Waals surface area contributed by atoms with E-state index < -0.39 is 0 Å². The van der Waals surface area contributed by atoms with Crippen LogP contribution in [0.5, 0.6) is 0 Å². The minimum atomic E-state index is -0.164. The quantitative estimate of drug-likeness (QED) is 0.917. The number of hydrogen-bond acceptors (Lipinski definition) is 3. The van der Waals surface area contributed by atoms with Gasteiger partial charge in [0.2, 0.25) is 0 Å². The number of H-pyrrole nitrogens is 1. The van der Waals surface area contributed by atoms with Crippen molar-refractivity contribution >= 4 is 11.0 Å². The fourth-order valence-corrected chi connectivity index (χ4v) is 3.00. The second-order valence-corrected chi connectivity index (χ2v) is 5.63. The van der Waals surface area contributed by atoms with Crippen LogP contribution in [0.4, 0.5) is 0 Å². The van der Waals surface area contributed by atoms with Gasteiger partial charge in [-0.2, -0.15) is 5.26 Å². The molecule has 0 aliphatic carbocycles. The molecular weight excluding hydrogens is 238 g/mol. The molecule has 98 valence electrons. The Labute approximate surface area is 112 Å². The smallest absolute Gasteiger partial charge is 0.0931 e. The highest BCUT2D eigenvalue weighted by Crippen LogP contribution is 2.43. The maximum Gasteiger partial charge on any atom is 0.0931 e. The van der Waals surface area contributed by atoms with E-state index in [1.807, 2.05) is 6.07 Å². The lowest BCUT2D eigenvalue weighted by molar-refractivity contribution is -0.0876. The number of nitrogens with zero attached hydrogens (tertiary/aromatic N) is 2. The van der Waals surface area contributed by atoms with Crippen LogP contribution >= 0.6 is 0 Å². The van der Waals surface area contributed by atoms with Crippen molar-refractivity contribution in [3.8, 4) is 6.07 Å². The molecule has 2 aromatic rings. The number of nitrogens with one attached hydrogen (secondary N) is 1. The Hall–Kier alpha value is -1.86. The number of aromatic amines is 1. The lowest BCUT2D eigenvalue weighted by Gasteiger charge is -2.46. The monoisotopic (exact) mass is 255 g/mol. The van der Waals surface area contributed by atoms with Gasteiger partial charge in [-0.05, 0) is 23.6 Å². The number of nitriles is 1. The van der Waals surface area contributed by atoms with Crippen LogP contribution in [0, 0.1) is 23.2 Å². The highest BCUT2D eigenvalue weighted by molar-refractivity contribution is 5.75. The van der Waals surface area contributed by atoms with Crippen LogP contribution in [0.2, 0.25) is 0 Å². The van der Waals surface area contributed by atoms with Crippen LogP contribution in [0.15, 0.2) is 24.5 Å². The van der Waals surface area contributed by atoms with Gasteiger partial charge in [0.15, 0.2) is 0 Å². The summed E-state index contributed by atoms with van der Waals surface area (Å²) in [7, 11) is 0. The number of rotatable bonds is 3. The third kappa shape index (κ3) is 1.73. The van der Waals surface area contributed by atoms with Crippen molar-refractivity contribution in [2.75, 3.05) is 13.2 Å². The van der Waals surface area contributed by atoms with E-state index in [-0.39, 0.29) is 11.3 Å². The summed E-state index contributed by atoms with van der Waals surface area (Å²) < 4.78 is 5.44. The van der Waals surface area contributed by atoms with Gasteiger partial charge in [0.05, 0.1) is 48.0 Å². The first kappa shape index (κ1) is 12.2. The predicted molar refractivity (Wildman–Crippen MR) is 72.5 cm³/mol. The molecule has 4 heteroatoms. The Kier molecular flexibility index (Phi) is 2.79. The van der Waals surface area contributed by atoms with Crippen LogP contribution in [-0.4, -0.2) is 23.2 Å². The van der Waals surface area contributed by atoms with Crippen molar-refractivity contribution in [2.45, 2.75) is 19.3 Å². The summed E-state index contributed by atoms with van der Waals surface area (Å²) >= 11 is 0. The summed E-state index contributed by atoms with van der Waals surface area (Å²) in [5, 5.41) is 9.51. The summed E-state index contributed by atoms with van der Waals surface area (Å²) in [5.74, 6) is 0.285. The van der Waals surface area contributed by atoms with Gasteiger partial charge in [-0.15, -0.1) is 0 Å². The molecule has 1 aromatic heterocycles. The minimum absolute atomic E-state index is 0.0263. The van der Waals surface area contributed by atoms with Gasteiger partial charge < -0.3 is 9.72 Å². The zero-order valence-electron chi connectivity index (χ0n) is 11.2. The van der Waals surface area contributed by atoms with E-state index in [0.29, 0.717) is 19.1 Å². The lowest BCUT2D eigenvalue weighted by Crippen LogP contribution is -2.53. The highest BCUT2D eigenvalue weighted by Gasteiger charge is 2.48. The average molecular weight is 255 g/mol. The molecule has 1 aliphatic heterocycles. The molecule has 19 heavy (non-hydrogen) atoms. The molecule has 2 heterocycles. The van der Waals surface area contributed by atoms with E-state index in [1.165, 1.54) is 5.56 Å². The minimum Gasteiger partial charge on any atom is -0.379 e. The molecule has 1 unspecified atom stereocenters. The highest BCUT2D eigenvalue weighted by atomic mass is 16.5. The standard InChI is InChI=1S/C15H17N3O/c1-10(2)12(6-16)15(7-19-8-15)11-3-4-13-14(5-11)18-9-17-13/h3-5,9-10,12H,7-8H2,1-2H3,(H,17,18). The van der Waals surface area contributed by atoms with Crippen molar-refractivity contribution in [3.63, 3.8) is 0 Å². The molecule has 0 bridgehead atoms. The fraction of sp³-hybridized carbons (Fsp3) is 0.467. The van der Waals surface area contributed by atoms with Crippen molar-refractivity contribution < 1.29 is 4.74 Å². The summed E-state index contributed by atoms with van der Waals surface area (Å²) in [6.45, 7) is 5.46. The van der Waals surface area contributed by atoms with E-state index in [4.69, 9.17) is 4.74 Å². The summed E-state index contributed by atoms with van der Waals surface area (Å²) in [5.41, 5.74) is 2.99. The Morgan fingerprint density at radius 2 is 2.21 bits per heavy atom. The molecular formula is C15H17N3O. The van der Waals surface area contributed by atoms with Gasteiger partial charge in [-0.25, -0.2) is 4.98 Å². The number of hydrogen-bond donors (Lipinski definition) is 1. The topological polar surface area (TPSA) is 61.7 Å². The van der Waals surface area contributed by atoms with E-state index in [9.17, 15) is 5.26 Å². The molecule has 1 N–H and O–H groups in total. The maximum atomic E-state index is 9.51. The third-order valence-electron chi connectivity index (χ3n) is 4.12. The predicted octanol–water partition coefficient (Wildman–Crippen LogP) is 2.63. The molecule has 0 amide bonds. The van der Waals surface area contributed by atoms with E-state index >= 15 is 0 Å². The molecule has 1 aromatic carbocycles. The first-order valence-electron chi connectivity index (χ1n) is 6.58. The lowest BCUT2D eigenvalue weighted by atomic mass is 9.65. The first-order valence-corrected chi connectivity index (χ1v) is 6.58. The Balaban J connectivity index is 2.08. The first-order chi connectivity index (χ1) is 9.17. The molecule has 1 saturated heterocycles. The number of ether oxygens (including phenoxy) is 1. The van der Waals surface area contributed by atoms with Crippen molar-refractivity contribution in [1.82, 2.24) is 9.97 Å².